The zero-order valence-electron chi connectivity index (χ0n) is 14.1. The van der Waals surface area contributed by atoms with Crippen molar-refractivity contribution in [2.75, 3.05) is 44.4 Å². The molecule has 1 amide bonds. The van der Waals surface area contributed by atoms with Gasteiger partial charge in [0.1, 0.15) is 18.0 Å². The van der Waals surface area contributed by atoms with Crippen LogP contribution in [0.15, 0.2) is 53.1 Å². The molecular weight excluding hydrogens is 320 g/mol. The van der Waals surface area contributed by atoms with Gasteiger partial charge in [0.15, 0.2) is 0 Å². The predicted octanol–water partition coefficient (Wildman–Crippen LogP) is 1.91. The summed E-state index contributed by atoms with van der Waals surface area (Å²) in [5.74, 6) is 0.905. The summed E-state index contributed by atoms with van der Waals surface area (Å²) < 4.78 is 17.3. The second-order valence-corrected chi connectivity index (χ2v) is 6.63. The number of hydrogen-bond donors (Lipinski definition) is 0. The average Bonchev–Trinajstić information content (AvgIpc) is 3.07. The van der Waals surface area contributed by atoms with Crippen LogP contribution in [0.3, 0.4) is 0 Å². The number of nitrogens with zero attached hydrogens (tertiary/aromatic N) is 2. The smallest absolute Gasteiger partial charge is 0.253 e. The summed E-state index contributed by atoms with van der Waals surface area (Å²) in [6.45, 7) is 3.91. The van der Waals surface area contributed by atoms with Crippen molar-refractivity contribution >= 4 is 11.6 Å². The van der Waals surface area contributed by atoms with E-state index in [1.807, 2.05) is 47.4 Å². The fourth-order valence-corrected chi connectivity index (χ4v) is 3.48. The fourth-order valence-electron chi connectivity index (χ4n) is 3.48. The van der Waals surface area contributed by atoms with E-state index in [2.05, 4.69) is 4.90 Å². The van der Waals surface area contributed by atoms with Gasteiger partial charge in [-0.1, -0.05) is 18.2 Å². The third-order valence-electron chi connectivity index (χ3n) is 4.71. The fraction of sp³-hybridized carbons (Fsp3) is 0.421. The maximum atomic E-state index is 12.4. The lowest BCUT2D eigenvalue weighted by Gasteiger charge is -2.43. The number of amides is 1. The molecule has 1 spiro atoms. The van der Waals surface area contributed by atoms with Crippen molar-refractivity contribution < 1.29 is 18.7 Å². The summed E-state index contributed by atoms with van der Waals surface area (Å²) in [5, 5.41) is 0. The van der Waals surface area contributed by atoms with Gasteiger partial charge in [0, 0.05) is 18.8 Å². The van der Waals surface area contributed by atoms with E-state index in [0.717, 1.165) is 18.0 Å². The van der Waals surface area contributed by atoms with Crippen molar-refractivity contribution in [2.24, 2.45) is 0 Å². The molecule has 6 nitrogen and oxygen atoms in total. The Morgan fingerprint density at radius 1 is 1.08 bits per heavy atom. The Balaban J connectivity index is 1.53. The number of ether oxygens (including phenoxy) is 2. The lowest BCUT2D eigenvalue weighted by atomic mass is 10.0. The molecule has 0 bridgehead atoms. The minimum Gasteiger partial charge on any atom is -0.468 e. The number of anilines is 1. The van der Waals surface area contributed by atoms with Crippen LogP contribution in [0.1, 0.15) is 5.76 Å². The van der Waals surface area contributed by atoms with Gasteiger partial charge in [0.2, 0.25) is 0 Å². The van der Waals surface area contributed by atoms with Crippen molar-refractivity contribution in [1.29, 1.82) is 0 Å². The molecule has 2 aromatic rings. The van der Waals surface area contributed by atoms with Gasteiger partial charge in [-0.2, -0.15) is 0 Å². The van der Waals surface area contributed by atoms with Crippen LogP contribution in [-0.2, 0) is 20.8 Å². The van der Waals surface area contributed by atoms with Gasteiger partial charge in [0.05, 0.1) is 32.6 Å². The number of carbonyl (C=O) groups excluding carboxylic acids is 1. The first-order valence-corrected chi connectivity index (χ1v) is 8.56. The van der Waals surface area contributed by atoms with Crippen molar-refractivity contribution in [3.8, 4) is 0 Å². The minimum absolute atomic E-state index is 0.0151. The summed E-state index contributed by atoms with van der Waals surface area (Å²) in [4.78, 5) is 16.5. The molecule has 2 aliphatic heterocycles. The summed E-state index contributed by atoms with van der Waals surface area (Å²) in [5.41, 5.74) is 0.379. The number of hydrogen-bond acceptors (Lipinski definition) is 5. The summed E-state index contributed by atoms with van der Waals surface area (Å²) in [6, 6.07) is 13.6. The maximum Gasteiger partial charge on any atom is 0.253 e. The van der Waals surface area contributed by atoms with Gasteiger partial charge in [-0.3, -0.25) is 9.69 Å². The highest BCUT2D eigenvalue weighted by Crippen LogP contribution is 2.27. The largest absolute Gasteiger partial charge is 0.468 e. The zero-order valence-corrected chi connectivity index (χ0v) is 14.1. The molecule has 0 N–H and O–H groups in total. The first-order valence-electron chi connectivity index (χ1n) is 8.56. The SMILES string of the molecule is O=C1CO[C@@]2(COCCN(Cc3ccco3)C2)CN1c1ccccc1. The number of morpholine rings is 1. The van der Waals surface area contributed by atoms with Crippen LogP contribution in [0, 0.1) is 0 Å². The van der Waals surface area contributed by atoms with Gasteiger partial charge < -0.3 is 18.8 Å². The van der Waals surface area contributed by atoms with E-state index >= 15 is 0 Å². The van der Waals surface area contributed by atoms with Gasteiger partial charge in [0.25, 0.3) is 5.91 Å². The molecule has 4 rings (SSSR count). The second kappa shape index (κ2) is 7.00. The van der Waals surface area contributed by atoms with Crippen LogP contribution in [-0.4, -0.2) is 55.9 Å². The summed E-state index contributed by atoms with van der Waals surface area (Å²) in [7, 11) is 0. The summed E-state index contributed by atoms with van der Waals surface area (Å²) >= 11 is 0. The highest BCUT2D eigenvalue weighted by Gasteiger charge is 2.43. The molecule has 25 heavy (non-hydrogen) atoms. The van der Waals surface area contributed by atoms with Gasteiger partial charge >= 0.3 is 0 Å². The van der Waals surface area contributed by atoms with E-state index in [1.165, 1.54) is 0 Å². The van der Waals surface area contributed by atoms with Gasteiger partial charge in [-0.25, -0.2) is 0 Å². The van der Waals surface area contributed by atoms with Gasteiger partial charge in [-0.15, -0.1) is 0 Å². The van der Waals surface area contributed by atoms with E-state index in [9.17, 15) is 4.79 Å². The van der Waals surface area contributed by atoms with Crippen molar-refractivity contribution in [3.05, 3.63) is 54.5 Å². The van der Waals surface area contributed by atoms with E-state index in [-0.39, 0.29) is 12.5 Å². The molecule has 2 fully saturated rings. The Bertz CT molecular complexity index is 703. The third kappa shape index (κ3) is 3.61. The van der Waals surface area contributed by atoms with Crippen molar-refractivity contribution in [2.45, 2.75) is 12.1 Å². The molecule has 0 aliphatic carbocycles. The van der Waals surface area contributed by atoms with E-state index < -0.39 is 5.60 Å². The standard InChI is InChI=1S/C19H22N2O4/c22-18-12-25-19(14-21(18)16-5-2-1-3-6-16)13-20(8-10-23-15-19)11-17-7-4-9-24-17/h1-7,9H,8,10-15H2/t19-/m1/s1. The zero-order chi connectivity index (χ0) is 17.1. The molecule has 6 heteroatoms. The highest BCUT2D eigenvalue weighted by atomic mass is 16.6. The van der Waals surface area contributed by atoms with Crippen molar-refractivity contribution in [3.63, 3.8) is 0 Å². The Morgan fingerprint density at radius 2 is 1.96 bits per heavy atom. The molecule has 0 unspecified atom stereocenters. The Morgan fingerprint density at radius 3 is 2.76 bits per heavy atom. The van der Waals surface area contributed by atoms with E-state index in [4.69, 9.17) is 13.9 Å². The minimum atomic E-state index is -0.521. The topological polar surface area (TPSA) is 55.2 Å². The number of para-hydroxylation sites is 1. The summed E-state index contributed by atoms with van der Waals surface area (Å²) in [6.07, 6.45) is 1.69. The molecule has 0 saturated carbocycles. The third-order valence-corrected chi connectivity index (χ3v) is 4.71. The predicted molar refractivity (Wildman–Crippen MR) is 92.3 cm³/mol. The molecule has 0 radical (unpaired) electrons. The van der Waals surface area contributed by atoms with Crippen LogP contribution < -0.4 is 4.90 Å². The lowest BCUT2D eigenvalue weighted by Crippen LogP contribution is -2.60. The molecule has 1 atom stereocenters. The van der Waals surface area contributed by atoms with Crippen LogP contribution in [0.5, 0.6) is 0 Å². The number of furan rings is 1. The Labute approximate surface area is 146 Å². The number of rotatable bonds is 3. The first kappa shape index (κ1) is 16.3. The second-order valence-electron chi connectivity index (χ2n) is 6.63. The molecule has 1 aromatic carbocycles. The quantitative estimate of drug-likeness (QED) is 0.853. The first-order chi connectivity index (χ1) is 12.2. The highest BCUT2D eigenvalue weighted by molar-refractivity contribution is 5.95. The molecular formula is C19H22N2O4. The molecule has 2 aliphatic rings. The van der Waals surface area contributed by atoms with Crippen LogP contribution >= 0.6 is 0 Å². The normalized spacial score (nSPS) is 25.3. The van der Waals surface area contributed by atoms with E-state index in [0.29, 0.717) is 32.8 Å². The number of benzene rings is 1. The Hall–Kier alpha value is -2.15. The van der Waals surface area contributed by atoms with E-state index in [1.54, 1.807) is 6.26 Å². The van der Waals surface area contributed by atoms with Crippen molar-refractivity contribution in [1.82, 2.24) is 4.90 Å². The lowest BCUT2D eigenvalue weighted by molar-refractivity contribution is -0.146. The molecule has 1 aromatic heterocycles. The average molecular weight is 342 g/mol. The molecule has 2 saturated heterocycles. The molecule has 3 heterocycles. The van der Waals surface area contributed by atoms with Crippen LogP contribution in [0.4, 0.5) is 5.69 Å². The van der Waals surface area contributed by atoms with Crippen LogP contribution in [0.25, 0.3) is 0 Å². The van der Waals surface area contributed by atoms with Crippen LogP contribution in [0.2, 0.25) is 0 Å². The molecule has 132 valence electrons. The number of carbonyl (C=O) groups is 1. The monoisotopic (exact) mass is 342 g/mol. The van der Waals surface area contributed by atoms with Gasteiger partial charge in [-0.05, 0) is 24.3 Å². The Kier molecular flexibility index (Phi) is 4.57. The maximum absolute atomic E-state index is 12.4.